The van der Waals surface area contributed by atoms with Gasteiger partial charge in [0.1, 0.15) is 0 Å². The molecule has 0 unspecified atom stereocenters. The molecule has 0 radical (unpaired) electrons. The van der Waals surface area contributed by atoms with E-state index in [1.165, 1.54) is 0 Å². The zero-order valence-corrected chi connectivity index (χ0v) is 17.9. The van der Waals surface area contributed by atoms with Crippen LogP contribution in [0.5, 0.6) is 0 Å². The fraction of sp³-hybridized carbons (Fsp3) is 0.125. The molecule has 8 heteroatoms. The molecule has 32 heavy (non-hydrogen) atoms. The van der Waals surface area contributed by atoms with Crippen molar-refractivity contribution in [3.8, 4) is 18.2 Å². The molecule has 0 aliphatic carbocycles. The summed E-state index contributed by atoms with van der Waals surface area (Å²) in [6, 6.07) is 26.4. The molecular formula is C24H18N3O4P. The third kappa shape index (κ3) is 5.90. The molecule has 0 spiro atoms. The number of hydrogen-bond acceptors (Lipinski definition) is 7. The van der Waals surface area contributed by atoms with Gasteiger partial charge in [0.15, 0.2) is 0 Å². The van der Waals surface area contributed by atoms with Crippen LogP contribution in [-0.2, 0) is 38.0 Å². The molecule has 0 aliphatic heterocycles. The lowest BCUT2D eigenvalue weighted by Crippen LogP contribution is -2.04. The van der Waals surface area contributed by atoms with Gasteiger partial charge in [-0.3, -0.25) is 13.6 Å². The van der Waals surface area contributed by atoms with Crippen LogP contribution in [0.15, 0.2) is 72.8 Å². The van der Waals surface area contributed by atoms with E-state index in [2.05, 4.69) is 18.2 Å². The van der Waals surface area contributed by atoms with E-state index in [1.54, 1.807) is 72.8 Å². The largest absolute Gasteiger partial charge is 0.475 e. The number of benzene rings is 3. The maximum atomic E-state index is 13.4. The molecule has 3 aromatic carbocycles. The summed E-state index contributed by atoms with van der Waals surface area (Å²) in [5.74, 6) is 0. The van der Waals surface area contributed by atoms with Crippen LogP contribution in [0.4, 0.5) is 0 Å². The third-order valence-electron chi connectivity index (χ3n) is 4.55. The molecule has 0 aliphatic rings. The van der Waals surface area contributed by atoms with E-state index in [1.807, 2.05) is 0 Å². The summed E-state index contributed by atoms with van der Waals surface area (Å²) in [6.07, 6.45) is 0. The Morgan fingerprint density at radius 3 is 1.12 bits per heavy atom. The van der Waals surface area contributed by atoms with E-state index in [-0.39, 0.29) is 19.8 Å². The zero-order valence-electron chi connectivity index (χ0n) is 17.0. The van der Waals surface area contributed by atoms with Gasteiger partial charge in [-0.25, -0.2) is 4.57 Å². The highest BCUT2D eigenvalue weighted by Crippen LogP contribution is 2.52. The highest BCUT2D eigenvalue weighted by Gasteiger charge is 2.28. The van der Waals surface area contributed by atoms with Gasteiger partial charge < -0.3 is 0 Å². The number of phosphoric ester groups is 1. The summed E-state index contributed by atoms with van der Waals surface area (Å²) in [5.41, 5.74) is 2.71. The molecule has 0 fully saturated rings. The van der Waals surface area contributed by atoms with Gasteiger partial charge in [-0.1, -0.05) is 54.6 Å². The van der Waals surface area contributed by atoms with Crippen molar-refractivity contribution in [1.82, 2.24) is 0 Å². The summed E-state index contributed by atoms with van der Waals surface area (Å²) >= 11 is 0. The Morgan fingerprint density at radius 2 is 0.844 bits per heavy atom. The Hall–Kier alpha value is -3.76. The average molecular weight is 443 g/mol. The molecule has 158 valence electrons. The number of hydrogen-bond donors (Lipinski definition) is 0. The number of nitrogens with zero attached hydrogens (tertiary/aromatic N) is 3. The molecule has 3 rings (SSSR count). The van der Waals surface area contributed by atoms with Crippen LogP contribution >= 0.6 is 7.82 Å². The Balaban J connectivity index is 1.80. The highest BCUT2D eigenvalue weighted by atomic mass is 31.2. The van der Waals surface area contributed by atoms with Crippen LogP contribution < -0.4 is 0 Å². The minimum absolute atomic E-state index is 0.180. The van der Waals surface area contributed by atoms with Crippen LogP contribution in [0.2, 0.25) is 0 Å². The number of nitriles is 3. The average Bonchev–Trinajstić information content (AvgIpc) is 2.85. The van der Waals surface area contributed by atoms with Crippen LogP contribution in [0.25, 0.3) is 0 Å². The van der Waals surface area contributed by atoms with Crippen molar-refractivity contribution in [1.29, 1.82) is 15.8 Å². The minimum Gasteiger partial charge on any atom is -0.282 e. The molecule has 0 aromatic heterocycles. The van der Waals surface area contributed by atoms with Crippen molar-refractivity contribution in [2.75, 3.05) is 0 Å². The van der Waals surface area contributed by atoms with E-state index in [0.29, 0.717) is 33.4 Å². The molecule has 0 heterocycles. The van der Waals surface area contributed by atoms with Crippen LogP contribution in [-0.4, -0.2) is 0 Å². The van der Waals surface area contributed by atoms with Gasteiger partial charge in [0.2, 0.25) is 0 Å². The zero-order chi connectivity index (χ0) is 22.8. The van der Waals surface area contributed by atoms with E-state index in [0.717, 1.165) is 0 Å². The predicted octanol–water partition coefficient (Wildman–Crippen LogP) is 5.36. The van der Waals surface area contributed by atoms with Gasteiger partial charge in [-0.05, 0) is 34.9 Å². The molecule has 0 amide bonds. The van der Waals surface area contributed by atoms with Crippen molar-refractivity contribution in [2.24, 2.45) is 0 Å². The number of phosphoric acid groups is 1. The first-order chi connectivity index (χ1) is 15.6. The molecular weight excluding hydrogens is 425 g/mol. The van der Waals surface area contributed by atoms with Crippen molar-refractivity contribution in [3.63, 3.8) is 0 Å². The Kier molecular flexibility index (Phi) is 7.90. The number of rotatable bonds is 9. The van der Waals surface area contributed by atoms with Crippen LogP contribution in [0.1, 0.15) is 33.4 Å². The minimum atomic E-state index is -4.13. The second-order valence-corrected chi connectivity index (χ2v) is 8.24. The van der Waals surface area contributed by atoms with Gasteiger partial charge in [0.25, 0.3) is 0 Å². The molecule has 0 saturated heterocycles. The molecule has 0 saturated carbocycles. The van der Waals surface area contributed by atoms with Crippen molar-refractivity contribution in [2.45, 2.75) is 19.8 Å². The van der Waals surface area contributed by atoms with Crippen molar-refractivity contribution < 1.29 is 18.1 Å². The SMILES string of the molecule is N#Cc1ccccc1COP(=O)(OCc1ccccc1C#N)OCc1ccccc1C#N. The van der Waals surface area contributed by atoms with Gasteiger partial charge in [0.05, 0.1) is 54.7 Å². The fourth-order valence-electron chi connectivity index (χ4n) is 2.82. The van der Waals surface area contributed by atoms with E-state index in [4.69, 9.17) is 13.6 Å². The highest BCUT2D eigenvalue weighted by molar-refractivity contribution is 7.48. The second-order valence-electron chi connectivity index (χ2n) is 6.57. The first kappa shape index (κ1) is 22.9. The van der Waals surface area contributed by atoms with Crippen LogP contribution in [0, 0.1) is 34.0 Å². The van der Waals surface area contributed by atoms with E-state index >= 15 is 0 Å². The molecule has 0 atom stereocenters. The van der Waals surface area contributed by atoms with Crippen molar-refractivity contribution >= 4 is 7.82 Å². The van der Waals surface area contributed by atoms with Gasteiger partial charge >= 0.3 is 7.82 Å². The normalized spacial score (nSPS) is 10.7. The summed E-state index contributed by atoms with van der Waals surface area (Å²) in [6.45, 7) is -0.539. The standard InChI is InChI=1S/C24H18N3O4P/c25-13-19-7-1-4-10-22(19)16-29-32(28,30-17-23-11-5-2-8-20(23)14-26)31-18-24-12-6-3-9-21(24)15-27/h1-12H,16-18H2. The third-order valence-corrected chi connectivity index (χ3v) is 5.88. The van der Waals surface area contributed by atoms with Crippen molar-refractivity contribution in [3.05, 3.63) is 106 Å². The summed E-state index contributed by atoms with van der Waals surface area (Å²) in [5, 5.41) is 27.8. The molecule has 0 N–H and O–H groups in total. The Bertz CT molecular complexity index is 1120. The van der Waals surface area contributed by atoms with Crippen LogP contribution in [0.3, 0.4) is 0 Å². The first-order valence-corrected chi connectivity index (χ1v) is 11.0. The topological polar surface area (TPSA) is 116 Å². The Labute approximate surface area is 186 Å². The first-order valence-electron chi connectivity index (χ1n) is 9.56. The lowest BCUT2D eigenvalue weighted by molar-refractivity contribution is 0.0977. The Morgan fingerprint density at radius 1 is 0.562 bits per heavy atom. The maximum absolute atomic E-state index is 13.4. The lowest BCUT2D eigenvalue weighted by Gasteiger charge is -2.19. The van der Waals surface area contributed by atoms with Gasteiger partial charge in [-0.15, -0.1) is 0 Å². The molecule has 0 bridgehead atoms. The van der Waals surface area contributed by atoms with Gasteiger partial charge in [-0.2, -0.15) is 15.8 Å². The predicted molar refractivity (Wildman–Crippen MR) is 115 cm³/mol. The van der Waals surface area contributed by atoms with E-state index in [9.17, 15) is 20.4 Å². The monoisotopic (exact) mass is 443 g/mol. The quantitative estimate of drug-likeness (QED) is 0.409. The van der Waals surface area contributed by atoms with Gasteiger partial charge in [0, 0.05) is 0 Å². The second kappa shape index (κ2) is 11.0. The fourth-order valence-corrected chi connectivity index (χ4v) is 3.94. The lowest BCUT2D eigenvalue weighted by atomic mass is 10.1. The summed E-state index contributed by atoms with van der Waals surface area (Å²) < 4.78 is 30.0. The molecule has 3 aromatic rings. The molecule has 7 nitrogen and oxygen atoms in total. The maximum Gasteiger partial charge on any atom is 0.475 e. The summed E-state index contributed by atoms with van der Waals surface area (Å²) in [4.78, 5) is 0. The van der Waals surface area contributed by atoms with E-state index < -0.39 is 7.82 Å². The summed E-state index contributed by atoms with van der Waals surface area (Å²) in [7, 11) is -4.13. The smallest absolute Gasteiger partial charge is 0.282 e.